The van der Waals surface area contributed by atoms with Gasteiger partial charge in [-0.3, -0.25) is 9.59 Å². The molecule has 1 aromatic carbocycles. The molecule has 0 saturated carbocycles. The number of hydrogen-bond donors (Lipinski definition) is 1. The van der Waals surface area contributed by atoms with E-state index in [1.807, 2.05) is 6.92 Å². The van der Waals surface area contributed by atoms with E-state index in [2.05, 4.69) is 0 Å². The van der Waals surface area contributed by atoms with Gasteiger partial charge in [-0.05, 0) is 25.8 Å². The molecule has 0 radical (unpaired) electrons. The summed E-state index contributed by atoms with van der Waals surface area (Å²) in [6, 6.07) is 8.11. The number of carbonyl (C=O) groups is 1. The van der Waals surface area contributed by atoms with Crippen molar-refractivity contribution in [3.63, 3.8) is 0 Å². The fourth-order valence-electron chi connectivity index (χ4n) is 2.46. The number of pyridine rings is 1. The Hall–Kier alpha value is -2.48. The molecule has 1 N–H and O–H groups in total. The molecule has 2 rings (SSSR count). The molecule has 1 atom stereocenters. The highest BCUT2D eigenvalue weighted by molar-refractivity contribution is 7.92. The van der Waals surface area contributed by atoms with Crippen molar-refractivity contribution in [2.24, 2.45) is 0 Å². The quantitative estimate of drug-likeness (QED) is 0.828. The number of carboxylic acid groups (broad SMARTS) is 1. The highest BCUT2D eigenvalue weighted by atomic mass is 32.2. The van der Waals surface area contributed by atoms with Crippen LogP contribution in [0.5, 0.6) is 0 Å². The summed E-state index contributed by atoms with van der Waals surface area (Å²) in [4.78, 5) is 23.6. The van der Waals surface area contributed by atoms with Crippen molar-refractivity contribution in [3.8, 4) is 11.1 Å². The van der Waals surface area contributed by atoms with Crippen LogP contribution in [0.15, 0.2) is 41.3 Å². The van der Waals surface area contributed by atoms with Gasteiger partial charge in [0.25, 0.3) is 5.56 Å². The smallest absolute Gasteiger partial charge is 0.324 e. The molecule has 1 heterocycles. The number of nitrogens with zero attached hydrogens (tertiary/aromatic N) is 1. The normalized spacial score (nSPS) is 14.0. The second-order valence-electron chi connectivity index (χ2n) is 6.49. The van der Waals surface area contributed by atoms with Gasteiger partial charge in [-0.25, -0.2) is 12.8 Å². The van der Waals surface area contributed by atoms with Gasteiger partial charge in [0.2, 0.25) is 0 Å². The van der Waals surface area contributed by atoms with Gasteiger partial charge in [0.1, 0.15) is 5.82 Å². The van der Waals surface area contributed by atoms with Crippen LogP contribution in [0.1, 0.15) is 18.9 Å². The summed E-state index contributed by atoms with van der Waals surface area (Å²) in [6.45, 7) is 2.73. The molecule has 6 nitrogen and oxygen atoms in total. The predicted molar refractivity (Wildman–Crippen MR) is 96.3 cm³/mol. The van der Waals surface area contributed by atoms with E-state index in [4.69, 9.17) is 0 Å². The van der Waals surface area contributed by atoms with Crippen molar-refractivity contribution < 1.29 is 22.7 Å². The van der Waals surface area contributed by atoms with Crippen molar-refractivity contribution in [3.05, 3.63) is 58.3 Å². The molecule has 2 aromatic rings. The second-order valence-corrected chi connectivity index (χ2v) is 8.94. The van der Waals surface area contributed by atoms with Crippen LogP contribution in [-0.2, 0) is 21.2 Å². The molecule has 1 aromatic heterocycles. The number of carboxylic acids is 1. The van der Waals surface area contributed by atoms with Crippen molar-refractivity contribution in [1.82, 2.24) is 4.57 Å². The Balaban J connectivity index is 2.35. The van der Waals surface area contributed by atoms with E-state index in [0.29, 0.717) is 5.56 Å². The molecule has 0 spiro atoms. The van der Waals surface area contributed by atoms with Crippen LogP contribution >= 0.6 is 0 Å². The van der Waals surface area contributed by atoms with E-state index < -0.39 is 31.9 Å². The van der Waals surface area contributed by atoms with Gasteiger partial charge < -0.3 is 9.67 Å². The molecule has 140 valence electrons. The van der Waals surface area contributed by atoms with E-state index in [9.17, 15) is 27.5 Å². The molecular formula is C18H20FNO5S. The lowest BCUT2D eigenvalue weighted by Crippen LogP contribution is -2.44. The average molecular weight is 381 g/mol. The van der Waals surface area contributed by atoms with E-state index in [0.717, 1.165) is 35.6 Å². The Morgan fingerprint density at radius 3 is 2.35 bits per heavy atom. The van der Waals surface area contributed by atoms with Gasteiger partial charge in [0, 0.05) is 30.6 Å². The maximum Gasteiger partial charge on any atom is 0.324 e. The number of hydrogen-bond acceptors (Lipinski definition) is 4. The topological polar surface area (TPSA) is 93.4 Å². The van der Waals surface area contributed by atoms with E-state index in [1.165, 1.54) is 0 Å². The summed E-state index contributed by atoms with van der Waals surface area (Å²) in [5.74, 6) is -2.16. The molecular weight excluding hydrogens is 361 g/mol. The van der Waals surface area contributed by atoms with Gasteiger partial charge in [-0.1, -0.05) is 29.8 Å². The zero-order valence-electron chi connectivity index (χ0n) is 14.7. The molecule has 0 unspecified atom stereocenters. The third-order valence-corrected chi connectivity index (χ3v) is 6.56. The molecule has 0 saturated heterocycles. The summed E-state index contributed by atoms with van der Waals surface area (Å²) < 4.78 is 36.9. The van der Waals surface area contributed by atoms with Crippen LogP contribution in [0.4, 0.5) is 4.39 Å². The van der Waals surface area contributed by atoms with Gasteiger partial charge in [0.15, 0.2) is 14.6 Å². The SMILES string of the molecule is Cc1ccc(-c2cc(=O)n(CC[C@](C)(C(=O)O)S(C)(=O)=O)cc2F)cc1. The average Bonchev–Trinajstić information content (AvgIpc) is 2.54. The summed E-state index contributed by atoms with van der Waals surface area (Å²) in [6.07, 6.45) is 1.44. The summed E-state index contributed by atoms with van der Waals surface area (Å²) in [5.41, 5.74) is 1.14. The third kappa shape index (κ3) is 3.85. The fourth-order valence-corrected chi connectivity index (χ4v) is 3.24. The molecule has 0 fully saturated rings. The minimum atomic E-state index is -3.92. The van der Waals surface area contributed by atoms with Gasteiger partial charge in [-0.2, -0.15) is 0 Å². The highest BCUT2D eigenvalue weighted by Crippen LogP contribution is 2.24. The maximum atomic E-state index is 14.4. The van der Waals surface area contributed by atoms with Crippen LogP contribution in [0.3, 0.4) is 0 Å². The molecule has 0 aliphatic carbocycles. The van der Waals surface area contributed by atoms with Crippen LogP contribution < -0.4 is 5.56 Å². The monoisotopic (exact) mass is 381 g/mol. The molecule has 8 heteroatoms. The number of sulfone groups is 1. The number of aryl methyl sites for hydroxylation is 2. The predicted octanol–water partition coefficient (Wildman–Crippen LogP) is 2.24. The van der Waals surface area contributed by atoms with Crippen LogP contribution in [0.25, 0.3) is 11.1 Å². The van der Waals surface area contributed by atoms with E-state index in [1.54, 1.807) is 24.3 Å². The van der Waals surface area contributed by atoms with Crippen LogP contribution in [-0.4, -0.2) is 35.1 Å². The molecule has 0 aliphatic rings. The number of aromatic nitrogens is 1. The van der Waals surface area contributed by atoms with Crippen molar-refractivity contribution in [2.45, 2.75) is 31.6 Å². The Labute approximate surface area is 150 Å². The summed E-state index contributed by atoms with van der Waals surface area (Å²) in [7, 11) is -3.92. The van der Waals surface area contributed by atoms with Gasteiger partial charge in [0.05, 0.1) is 0 Å². The van der Waals surface area contributed by atoms with Crippen LogP contribution in [0.2, 0.25) is 0 Å². The lowest BCUT2D eigenvalue weighted by Gasteiger charge is -2.23. The van der Waals surface area contributed by atoms with E-state index in [-0.39, 0.29) is 18.5 Å². The Bertz CT molecular complexity index is 995. The minimum Gasteiger partial charge on any atom is -0.480 e. The van der Waals surface area contributed by atoms with Gasteiger partial charge in [-0.15, -0.1) is 0 Å². The zero-order valence-corrected chi connectivity index (χ0v) is 15.5. The third-order valence-electron chi connectivity index (χ3n) is 4.54. The Morgan fingerprint density at radius 2 is 1.85 bits per heavy atom. The molecule has 0 aliphatic heterocycles. The second kappa shape index (κ2) is 7.03. The number of halogens is 1. The first-order chi connectivity index (χ1) is 12.0. The Kier molecular flexibility index (Phi) is 5.36. The lowest BCUT2D eigenvalue weighted by atomic mass is 10.0. The lowest BCUT2D eigenvalue weighted by molar-refractivity contribution is -0.139. The molecule has 0 bridgehead atoms. The summed E-state index contributed by atoms with van der Waals surface area (Å²) in [5, 5.41) is 9.24. The Morgan fingerprint density at radius 1 is 1.27 bits per heavy atom. The van der Waals surface area contributed by atoms with Crippen molar-refractivity contribution in [1.29, 1.82) is 0 Å². The van der Waals surface area contributed by atoms with Crippen LogP contribution in [0, 0.1) is 12.7 Å². The standard InChI is InChI=1S/C18H20FNO5S/c1-12-4-6-13(7-5-12)14-10-16(21)20(11-15(14)19)9-8-18(2,17(22)23)26(3,24)25/h4-7,10-11H,8-9H2,1-3H3,(H,22,23)/t18-/m1/s1. The first kappa shape index (κ1) is 19.8. The van der Waals surface area contributed by atoms with E-state index >= 15 is 0 Å². The maximum absolute atomic E-state index is 14.4. The van der Waals surface area contributed by atoms with Crippen molar-refractivity contribution >= 4 is 15.8 Å². The number of benzene rings is 1. The highest BCUT2D eigenvalue weighted by Gasteiger charge is 2.43. The number of rotatable bonds is 6. The fraction of sp³-hybridized carbons (Fsp3) is 0.333. The van der Waals surface area contributed by atoms with Crippen molar-refractivity contribution in [2.75, 3.05) is 6.26 Å². The van der Waals surface area contributed by atoms with Gasteiger partial charge >= 0.3 is 5.97 Å². The molecule has 0 amide bonds. The summed E-state index contributed by atoms with van der Waals surface area (Å²) >= 11 is 0. The largest absolute Gasteiger partial charge is 0.480 e. The minimum absolute atomic E-state index is 0.135. The first-order valence-electron chi connectivity index (χ1n) is 7.86. The first-order valence-corrected chi connectivity index (χ1v) is 9.75. The zero-order chi connectivity index (χ0) is 19.7. The number of aliphatic carboxylic acids is 1. The molecule has 26 heavy (non-hydrogen) atoms.